The number of aldehydes is 1. The van der Waals surface area contributed by atoms with E-state index in [9.17, 15) is 4.79 Å². The molecule has 0 aliphatic rings. The smallest absolute Gasteiger partial charge is 0.344 e. The van der Waals surface area contributed by atoms with Crippen LogP contribution >= 0.6 is 37.2 Å². The number of aromatic nitrogens is 2. The Labute approximate surface area is 278 Å². The van der Waals surface area contributed by atoms with Crippen LogP contribution in [0.1, 0.15) is 50.6 Å². The number of aryl methyl sites for hydroxylation is 4. The van der Waals surface area contributed by atoms with Crippen LogP contribution in [0.4, 0.5) is 0 Å². The van der Waals surface area contributed by atoms with Crippen molar-refractivity contribution < 1.29 is 41.8 Å². The Morgan fingerprint density at radius 1 is 0.976 bits per heavy atom. The monoisotopic (exact) mass is 933 g/mol. The number of halogens is 3. The maximum absolute atomic E-state index is 9.59. The van der Waals surface area contributed by atoms with Gasteiger partial charge in [-0.15, -0.1) is 17.5 Å². The number of nitrogens with zero attached hydrogens (tertiary/aromatic N) is 3. The Hall–Kier alpha value is -1.42. The average Bonchev–Trinajstić information content (AvgIpc) is 3.55. The van der Waals surface area contributed by atoms with Crippen molar-refractivity contribution >= 4 is 55.7 Å². The number of esters is 1. The maximum Gasteiger partial charge on any atom is -0.344 e. The second-order valence-electron chi connectivity index (χ2n) is 4.81. The fourth-order valence-corrected chi connectivity index (χ4v) is 0.982. The van der Waals surface area contributed by atoms with Crippen LogP contribution in [0.25, 0.3) is 0 Å². The summed E-state index contributed by atoms with van der Waals surface area (Å²) >= 11 is 5.30. The minimum atomic E-state index is -0.245. The molecule has 0 aromatic carbocycles. The number of nitrogens with two attached hydrogens (primary N) is 4. The third kappa shape index (κ3) is 135. The van der Waals surface area contributed by atoms with Crippen molar-refractivity contribution in [3.8, 4) is 12.3 Å². The van der Waals surface area contributed by atoms with E-state index in [-0.39, 0.29) is 12.1 Å². The number of oxime groups is 1. The predicted molar refractivity (Wildman–Crippen MR) is 185 cm³/mol. The zero-order valence-electron chi connectivity index (χ0n) is 26.9. The van der Waals surface area contributed by atoms with Crippen molar-refractivity contribution in [1.82, 2.24) is 16.5 Å². The van der Waals surface area contributed by atoms with Crippen molar-refractivity contribution in [3.05, 3.63) is 35.0 Å². The van der Waals surface area contributed by atoms with Gasteiger partial charge in [0.15, 0.2) is 0 Å². The van der Waals surface area contributed by atoms with E-state index in [0.717, 1.165) is 29.2 Å². The molecule has 17 heteroatoms. The molecule has 12 N–H and O–H groups in total. The molecule has 41 heavy (non-hydrogen) atoms. The molecule has 2 aromatic rings. The summed E-state index contributed by atoms with van der Waals surface area (Å²) in [6, 6.07) is 3.78. The van der Waals surface area contributed by atoms with Crippen LogP contribution in [-0.4, -0.2) is 69.3 Å². The van der Waals surface area contributed by atoms with Crippen molar-refractivity contribution in [2.75, 3.05) is 35.3 Å². The van der Waals surface area contributed by atoms with Crippen molar-refractivity contribution in [1.29, 1.82) is 0 Å². The Morgan fingerprint density at radius 2 is 1.15 bits per heavy atom. The van der Waals surface area contributed by atoms with Gasteiger partial charge in [-0.2, -0.15) is 0 Å². The molecule has 2 rings (SSSR count). The van der Waals surface area contributed by atoms with Crippen LogP contribution in [0.5, 0.6) is 0 Å². The molecule has 0 amide bonds. The van der Waals surface area contributed by atoms with Crippen LogP contribution in [0.2, 0.25) is 0 Å². The summed E-state index contributed by atoms with van der Waals surface area (Å²) in [4.78, 5) is 18.4. The van der Waals surface area contributed by atoms with E-state index in [1.165, 1.54) is 55.4 Å². The molecule has 0 saturated heterocycles. The van der Waals surface area contributed by atoms with Gasteiger partial charge in [-0.1, -0.05) is 10.3 Å². The minimum Gasteiger partial charge on any atom is -0.344 e. The Morgan fingerprint density at radius 3 is 1.17 bits per heavy atom. The molecule has 0 unspecified atom stereocenters. The summed E-state index contributed by atoms with van der Waals surface area (Å²) in [6.07, 6.45) is 6.65. The molecule has 0 saturated carbocycles. The van der Waals surface area contributed by atoms with Crippen molar-refractivity contribution in [2.24, 2.45) is 28.1 Å². The summed E-state index contributed by atoms with van der Waals surface area (Å²) in [5.41, 5.74) is 19.9. The number of carbonyl (C=O) groups excluding carboxylic acids is 2. The summed E-state index contributed by atoms with van der Waals surface area (Å²) in [5, 5.41) is 17.3. The van der Waals surface area contributed by atoms with E-state index in [1.54, 1.807) is 13.8 Å². The summed E-state index contributed by atoms with van der Waals surface area (Å²) in [7, 11) is 7.35. The average molecular weight is 933 g/mol. The first-order valence-corrected chi connectivity index (χ1v) is 23.5. The van der Waals surface area contributed by atoms with E-state index >= 15 is 0 Å². The van der Waals surface area contributed by atoms with Gasteiger partial charge in [0.1, 0.15) is 17.8 Å². The Balaban J connectivity index is -0.0000000335. The molecule has 2 heterocycles. The van der Waals surface area contributed by atoms with E-state index in [1.807, 2.05) is 39.8 Å². The van der Waals surface area contributed by atoms with Crippen LogP contribution < -0.4 is 42.3 Å². The van der Waals surface area contributed by atoms with Crippen molar-refractivity contribution in [3.63, 3.8) is 0 Å². The number of carbonyl (C=O) groups is 2. The molecule has 0 bridgehead atoms. The minimum absolute atomic E-state index is 0. The molecule has 0 radical (unpaired) electrons. The molecule has 0 fully saturated rings. The summed E-state index contributed by atoms with van der Waals surface area (Å²) in [5.74, 6) is 3.75. The zero-order chi connectivity index (χ0) is 34.4. The quantitative estimate of drug-likeness (QED) is 0.0415. The van der Waals surface area contributed by atoms with Crippen LogP contribution in [0.15, 0.2) is 26.3 Å². The van der Waals surface area contributed by atoms with Crippen molar-refractivity contribution in [2.45, 2.75) is 55.4 Å². The van der Waals surface area contributed by atoms with E-state index in [0.29, 0.717) is 13.3 Å². The molecule has 2 aromatic heterocycles. The first-order chi connectivity index (χ1) is 19.0. The second kappa shape index (κ2) is 83.3. The molecule has 0 aliphatic heterocycles. The topological polar surface area (TPSA) is 267 Å². The molecule has 0 spiro atoms. The largest absolute Gasteiger partial charge is 0.344 e. The van der Waals surface area contributed by atoms with Gasteiger partial charge in [0, 0.05) is 25.3 Å². The number of rotatable bonds is 0. The normalized spacial score (nSPS) is 6.59. The van der Waals surface area contributed by atoms with Gasteiger partial charge in [0.2, 0.25) is 0 Å². The predicted octanol–water partition coefficient (Wildman–Crippen LogP) is 1.31. The molecular formula is C24H56I3N8O6-. The fourth-order valence-electron chi connectivity index (χ4n) is 0.982. The number of ether oxygens (including phenoxy) is 1. The van der Waals surface area contributed by atoms with E-state index in [2.05, 4.69) is 92.7 Å². The van der Waals surface area contributed by atoms with E-state index < -0.39 is 0 Å². The van der Waals surface area contributed by atoms with Crippen LogP contribution in [-0.2, 0) is 14.3 Å². The van der Waals surface area contributed by atoms with Gasteiger partial charge in [-0.05, 0) is 76.7 Å². The molecule has 250 valence electrons. The maximum atomic E-state index is 9.59. The third-order valence-corrected chi connectivity index (χ3v) is 1.89. The molecule has 0 aliphatic carbocycles. The summed E-state index contributed by atoms with van der Waals surface area (Å²) in [6.45, 7) is 13.6. The zero-order valence-corrected chi connectivity index (χ0v) is 33.3. The Kier molecular flexibility index (Phi) is 137. The van der Waals surface area contributed by atoms with Gasteiger partial charge in [0.25, 0.3) is 0 Å². The third-order valence-electron chi connectivity index (χ3n) is 1.89. The number of hydrogen-bond donors (Lipinski definition) is 6. The number of terminal acetylenes is 1. The Bertz CT molecular complexity index is 655. The van der Waals surface area contributed by atoms with Gasteiger partial charge >= 0.3 is 56.5 Å². The van der Waals surface area contributed by atoms with Gasteiger partial charge < -0.3 is 52.9 Å². The molecule has 14 nitrogen and oxygen atoms in total. The van der Waals surface area contributed by atoms with Gasteiger partial charge in [-0.3, -0.25) is 4.79 Å². The fraction of sp³-hybridized carbons (Fsp3) is 0.542. The first kappa shape index (κ1) is 67.3. The van der Waals surface area contributed by atoms with Crippen LogP contribution in [0, 0.1) is 40.0 Å². The second-order valence-corrected chi connectivity index (χ2v) is 21.1. The van der Waals surface area contributed by atoms with Gasteiger partial charge in [0.05, 0.1) is 18.5 Å². The first-order valence-electron chi connectivity index (χ1n) is 10.9. The molecular weight excluding hydrogens is 877 g/mol. The van der Waals surface area contributed by atoms with Gasteiger partial charge in [-0.25, -0.2) is 0 Å². The van der Waals surface area contributed by atoms with Crippen LogP contribution in [0.3, 0.4) is 0 Å². The number of methoxy groups -OCH3 is 1. The van der Waals surface area contributed by atoms with E-state index in [4.69, 9.17) is 19.0 Å². The summed E-state index contributed by atoms with van der Waals surface area (Å²) < 4.78 is 13.5. The standard InChI is InChI=1S/2C5H7NO.C3H6O2.C3H4.C2H5NO.C2H4O.4CH5N.I3.H3N/c2*1-4-3-5(2)7-6-4;1-3(4)5-2;1-3-2;1-2-3-4;1-2-3;4*1-2;1-3-2;/h2*3H,1-2H3;1-2H3;1H,2H3;2,4H,1H3;2H,1H3;4*2H2,1H3;;1H3/q;;;;;;;;;;-1;. The number of hydrogen-bond acceptors (Lipinski definition) is 14. The SMILES string of the molecule is C#CC.CC=NO.CC=O.CN.CN.CN.CN.COC(C)=O.Cc1cc(C)on1.Cc1cc(C)on1.I[I-]I.N. The molecule has 0 atom stereocenters.